The molecule has 0 N–H and O–H groups in total. The van der Waals surface area contributed by atoms with Crippen LogP contribution in [0, 0.1) is 0 Å². The third kappa shape index (κ3) is 3.56. The topological polar surface area (TPSA) is 55.2 Å². The van der Waals surface area contributed by atoms with Gasteiger partial charge in [-0.1, -0.05) is 31.2 Å². The standard InChI is InChI=1S/C16H19N3O2/c1-4-12-5-7-13(8-6-12)15(20)11-19-16(21)9-14(10-17-19)18(2)3/h5-10H,4,11H2,1-3H3. The Balaban J connectivity index is 2.17. The Labute approximate surface area is 123 Å². The number of hydrogen-bond acceptors (Lipinski definition) is 4. The Bertz CT molecular complexity index is 687. The molecule has 0 bridgehead atoms. The summed E-state index contributed by atoms with van der Waals surface area (Å²) in [6, 6.07) is 8.92. The van der Waals surface area contributed by atoms with Gasteiger partial charge in [-0.15, -0.1) is 0 Å². The fourth-order valence-electron chi connectivity index (χ4n) is 1.94. The van der Waals surface area contributed by atoms with E-state index >= 15 is 0 Å². The van der Waals surface area contributed by atoms with Gasteiger partial charge in [0.25, 0.3) is 5.56 Å². The third-order valence-electron chi connectivity index (χ3n) is 3.35. The molecule has 2 aromatic rings. The first kappa shape index (κ1) is 15.0. The largest absolute Gasteiger partial charge is 0.376 e. The molecule has 0 aliphatic carbocycles. The summed E-state index contributed by atoms with van der Waals surface area (Å²) in [4.78, 5) is 25.9. The van der Waals surface area contributed by atoms with Crippen molar-refractivity contribution in [2.75, 3.05) is 19.0 Å². The number of aromatic nitrogens is 2. The molecule has 0 aliphatic rings. The number of aryl methyl sites for hydroxylation is 1. The number of Topliss-reactive ketones (excluding diaryl/α,β-unsaturated/α-hetero) is 1. The average molecular weight is 285 g/mol. The van der Waals surface area contributed by atoms with E-state index in [0.29, 0.717) is 5.56 Å². The molecule has 0 atom stereocenters. The number of hydrogen-bond donors (Lipinski definition) is 0. The van der Waals surface area contributed by atoms with Crippen molar-refractivity contribution in [1.82, 2.24) is 9.78 Å². The lowest BCUT2D eigenvalue weighted by molar-refractivity contribution is 0.0965. The van der Waals surface area contributed by atoms with Crippen LogP contribution >= 0.6 is 0 Å². The van der Waals surface area contributed by atoms with Gasteiger partial charge in [0.1, 0.15) is 6.54 Å². The van der Waals surface area contributed by atoms with Crippen molar-refractivity contribution in [2.45, 2.75) is 19.9 Å². The summed E-state index contributed by atoms with van der Waals surface area (Å²) >= 11 is 0. The van der Waals surface area contributed by atoms with E-state index in [0.717, 1.165) is 12.1 Å². The SMILES string of the molecule is CCc1ccc(C(=O)Cn2ncc(N(C)C)cc2=O)cc1. The first-order valence-corrected chi connectivity index (χ1v) is 6.88. The average Bonchev–Trinajstić information content (AvgIpc) is 2.49. The number of anilines is 1. The highest BCUT2D eigenvalue weighted by atomic mass is 16.1. The maximum atomic E-state index is 12.2. The Hall–Kier alpha value is -2.43. The Morgan fingerprint density at radius 3 is 2.43 bits per heavy atom. The number of ketones is 1. The van der Waals surface area contributed by atoms with E-state index in [9.17, 15) is 9.59 Å². The normalized spacial score (nSPS) is 10.4. The van der Waals surface area contributed by atoms with Crippen LogP contribution < -0.4 is 10.5 Å². The lowest BCUT2D eigenvalue weighted by Gasteiger charge is -2.12. The van der Waals surface area contributed by atoms with Gasteiger partial charge < -0.3 is 4.90 Å². The van der Waals surface area contributed by atoms with Crippen LogP contribution in [0.2, 0.25) is 0 Å². The van der Waals surface area contributed by atoms with Crippen LogP contribution in [0.15, 0.2) is 41.3 Å². The van der Waals surface area contributed by atoms with Crippen molar-refractivity contribution in [3.63, 3.8) is 0 Å². The van der Waals surface area contributed by atoms with Crippen molar-refractivity contribution >= 4 is 11.5 Å². The molecule has 110 valence electrons. The second-order valence-corrected chi connectivity index (χ2v) is 5.08. The van der Waals surface area contributed by atoms with E-state index in [4.69, 9.17) is 0 Å². The van der Waals surface area contributed by atoms with Crippen LogP contribution in [-0.2, 0) is 13.0 Å². The zero-order chi connectivity index (χ0) is 15.4. The highest BCUT2D eigenvalue weighted by Gasteiger charge is 2.09. The summed E-state index contributed by atoms with van der Waals surface area (Å²) < 4.78 is 1.18. The molecule has 0 saturated carbocycles. The fourth-order valence-corrected chi connectivity index (χ4v) is 1.94. The quantitative estimate of drug-likeness (QED) is 0.785. The lowest BCUT2D eigenvalue weighted by Crippen LogP contribution is -2.27. The molecular formula is C16H19N3O2. The molecule has 0 radical (unpaired) electrons. The fraction of sp³-hybridized carbons (Fsp3) is 0.312. The minimum absolute atomic E-state index is 0.0436. The van der Waals surface area contributed by atoms with Gasteiger partial charge in [-0.3, -0.25) is 9.59 Å². The van der Waals surface area contributed by atoms with Gasteiger partial charge in [-0.2, -0.15) is 5.10 Å². The molecular weight excluding hydrogens is 266 g/mol. The van der Waals surface area contributed by atoms with Gasteiger partial charge in [-0.05, 0) is 12.0 Å². The predicted molar refractivity (Wildman–Crippen MR) is 83.0 cm³/mol. The summed E-state index contributed by atoms with van der Waals surface area (Å²) in [5.41, 5.74) is 2.21. The number of rotatable bonds is 5. The summed E-state index contributed by atoms with van der Waals surface area (Å²) in [5, 5.41) is 4.04. The molecule has 1 aromatic heterocycles. The first-order chi connectivity index (χ1) is 10.0. The van der Waals surface area contributed by atoms with Crippen LogP contribution in [0.3, 0.4) is 0 Å². The van der Waals surface area contributed by atoms with Gasteiger partial charge >= 0.3 is 0 Å². The molecule has 0 saturated heterocycles. The summed E-state index contributed by atoms with van der Waals surface area (Å²) in [6.07, 6.45) is 2.51. The Morgan fingerprint density at radius 1 is 1.24 bits per heavy atom. The second-order valence-electron chi connectivity index (χ2n) is 5.08. The van der Waals surface area contributed by atoms with Gasteiger partial charge in [-0.25, -0.2) is 4.68 Å². The summed E-state index contributed by atoms with van der Waals surface area (Å²) in [6.45, 7) is 2.02. The number of carbonyl (C=O) groups excluding carboxylic acids is 1. The highest BCUT2D eigenvalue weighted by molar-refractivity contribution is 5.95. The predicted octanol–water partition coefficient (Wildman–Crippen LogP) is 1.75. The van der Waals surface area contributed by atoms with Gasteiger partial charge in [0.15, 0.2) is 5.78 Å². The molecule has 21 heavy (non-hydrogen) atoms. The van der Waals surface area contributed by atoms with Crippen molar-refractivity contribution < 1.29 is 4.79 Å². The Morgan fingerprint density at radius 2 is 1.90 bits per heavy atom. The Kier molecular flexibility index (Phi) is 4.52. The van der Waals surface area contributed by atoms with E-state index in [-0.39, 0.29) is 17.9 Å². The molecule has 5 heteroatoms. The van der Waals surface area contributed by atoms with Crippen molar-refractivity contribution in [1.29, 1.82) is 0 Å². The van der Waals surface area contributed by atoms with Crippen molar-refractivity contribution in [3.05, 3.63) is 58.0 Å². The minimum atomic E-state index is -0.278. The molecule has 0 fully saturated rings. The van der Waals surface area contributed by atoms with Gasteiger partial charge in [0.2, 0.25) is 0 Å². The van der Waals surface area contributed by atoms with E-state index in [1.165, 1.54) is 16.3 Å². The third-order valence-corrected chi connectivity index (χ3v) is 3.35. The number of benzene rings is 1. The van der Waals surface area contributed by atoms with E-state index in [2.05, 4.69) is 12.0 Å². The molecule has 2 rings (SSSR count). The smallest absolute Gasteiger partial charge is 0.269 e. The molecule has 5 nitrogen and oxygen atoms in total. The summed E-state index contributed by atoms with van der Waals surface area (Å²) in [7, 11) is 3.67. The van der Waals surface area contributed by atoms with Crippen molar-refractivity contribution in [3.8, 4) is 0 Å². The molecule has 1 aromatic carbocycles. The molecule has 0 amide bonds. The zero-order valence-electron chi connectivity index (χ0n) is 12.5. The highest BCUT2D eigenvalue weighted by Crippen LogP contribution is 2.07. The zero-order valence-corrected chi connectivity index (χ0v) is 12.5. The number of carbonyl (C=O) groups is 1. The van der Waals surface area contributed by atoms with E-state index < -0.39 is 0 Å². The number of nitrogens with zero attached hydrogens (tertiary/aromatic N) is 3. The summed E-state index contributed by atoms with van der Waals surface area (Å²) in [5.74, 6) is -0.121. The molecule has 0 unspecified atom stereocenters. The molecule has 0 aliphatic heterocycles. The lowest BCUT2D eigenvalue weighted by atomic mass is 10.1. The second kappa shape index (κ2) is 6.35. The first-order valence-electron chi connectivity index (χ1n) is 6.88. The van der Waals surface area contributed by atoms with E-state index in [1.807, 2.05) is 26.2 Å². The molecule has 0 spiro atoms. The van der Waals surface area contributed by atoms with Crippen LogP contribution in [0.1, 0.15) is 22.8 Å². The van der Waals surface area contributed by atoms with Crippen LogP contribution in [0.25, 0.3) is 0 Å². The van der Waals surface area contributed by atoms with Crippen LogP contribution in [-0.4, -0.2) is 29.7 Å². The monoisotopic (exact) mass is 285 g/mol. The van der Waals surface area contributed by atoms with Gasteiger partial charge in [0.05, 0.1) is 11.9 Å². The van der Waals surface area contributed by atoms with E-state index in [1.54, 1.807) is 23.2 Å². The molecule has 1 heterocycles. The van der Waals surface area contributed by atoms with Crippen LogP contribution in [0.4, 0.5) is 5.69 Å². The minimum Gasteiger partial charge on any atom is -0.376 e. The maximum Gasteiger partial charge on any atom is 0.269 e. The van der Waals surface area contributed by atoms with Crippen molar-refractivity contribution in [2.24, 2.45) is 0 Å². The van der Waals surface area contributed by atoms with Gasteiger partial charge in [0, 0.05) is 25.7 Å². The maximum absolute atomic E-state index is 12.2. The van der Waals surface area contributed by atoms with Crippen LogP contribution in [0.5, 0.6) is 0 Å².